The number of carbonyl (C=O) groups excluding carboxylic acids is 1. The van der Waals surface area contributed by atoms with Crippen LogP contribution in [0.15, 0.2) is 29.4 Å². The van der Waals surface area contributed by atoms with E-state index in [-0.39, 0.29) is 22.3 Å². The summed E-state index contributed by atoms with van der Waals surface area (Å²) >= 11 is 0.845. The van der Waals surface area contributed by atoms with Crippen LogP contribution in [-0.2, 0) is 4.79 Å². The smallest absolute Gasteiger partial charge is 0.346 e. The molecule has 0 saturated heterocycles. The van der Waals surface area contributed by atoms with Gasteiger partial charge < -0.3 is 5.32 Å². The van der Waals surface area contributed by atoms with Gasteiger partial charge in [0.25, 0.3) is 0 Å². The van der Waals surface area contributed by atoms with E-state index in [0.29, 0.717) is 0 Å². The van der Waals surface area contributed by atoms with Gasteiger partial charge in [-0.05, 0) is 12.1 Å². The number of aromatic nitrogens is 3. The van der Waals surface area contributed by atoms with E-state index in [1.54, 1.807) is 11.4 Å². The van der Waals surface area contributed by atoms with Crippen molar-refractivity contribution in [2.75, 3.05) is 12.3 Å². The van der Waals surface area contributed by atoms with Crippen LogP contribution < -0.4 is 5.32 Å². The van der Waals surface area contributed by atoms with Gasteiger partial charge in [-0.25, -0.2) is 9.37 Å². The second kappa shape index (κ2) is 6.77. The average Bonchev–Trinajstić information content (AvgIpc) is 2.91. The molecule has 0 aliphatic rings. The standard InChI is InChI=1S/C12H10F4N4OS/c13-8-4-2-1-3-7(8)10-18-11(20-19-10)22-5-9(21)17-6-12(14,15)16/h1-4H,5-6H2,(H,17,21)(H,18,19,20). The summed E-state index contributed by atoms with van der Waals surface area (Å²) in [5, 5.41) is 8.15. The first-order valence-electron chi connectivity index (χ1n) is 5.99. The highest BCUT2D eigenvalue weighted by atomic mass is 32.2. The number of alkyl halides is 3. The number of carbonyl (C=O) groups is 1. The van der Waals surface area contributed by atoms with Crippen molar-refractivity contribution in [3.8, 4) is 11.4 Å². The van der Waals surface area contributed by atoms with Gasteiger partial charge in [0.05, 0.1) is 11.3 Å². The maximum atomic E-state index is 13.5. The minimum atomic E-state index is -4.46. The quantitative estimate of drug-likeness (QED) is 0.651. The van der Waals surface area contributed by atoms with Gasteiger partial charge in [-0.1, -0.05) is 23.9 Å². The maximum absolute atomic E-state index is 13.5. The molecule has 0 aliphatic heterocycles. The molecule has 1 aromatic carbocycles. The molecule has 1 heterocycles. The number of H-pyrrole nitrogens is 1. The van der Waals surface area contributed by atoms with Gasteiger partial charge in [-0.2, -0.15) is 13.2 Å². The van der Waals surface area contributed by atoms with E-state index in [0.717, 1.165) is 11.8 Å². The molecular weight excluding hydrogens is 324 g/mol. The van der Waals surface area contributed by atoms with Crippen LogP contribution in [-0.4, -0.2) is 39.6 Å². The SMILES string of the molecule is O=C(CSc1n[nH]c(-c2ccccc2F)n1)NCC(F)(F)F. The van der Waals surface area contributed by atoms with Crippen LogP contribution in [0.4, 0.5) is 17.6 Å². The molecular formula is C12H10F4N4OS. The van der Waals surface area contributed by atoms with Crippen molar-refractivity contribution in [1.82, 2.24) is 20.5 Å². The monoisotopic (exact) mass is 334 g/mol. The van der Waals surface area contributed by atoms with Gasteiger partial charge in [0.2, 0.25) is 11.1 Å². The second-order valence-electron chi connectivity index (χ2n) is 4.13. The van der Waals surface area contributed by atoms with E-state index < -0.39 is 24.4 Å². The Bertz CT molecular complexity index is 659. The van der Waals surface area contributed by atoms with Crippen molar-refractivity contribution in [2.24, 2.45) is 0 Å². The molecule has 2 N–H and O–H groups in total. The lowest BCUT2D eigenvalue weighted by molar-refractivity contribution is -0.136. The number of halogens is 4. The lowest BCUT2D eigenvalue weighted by Crippen LogP contribution is -2.34. The number of hydrogen-bond donors (Lipinski definition) is 2. The Morgan fingerprint density at radius 1 is 1.32 bits per heavy atom. The summed E-state index contributed by atoms with van der Waals surface area (Å²) in [6, 6.07) is 5.91. The molecule has 5 nitrogen and oxygen atoms in total. The molecule has 0 atom stereocenters. The largest absolute Gasteiger partial charge is 0.405 e. The van der Waals surface area contributed by atoms with Gasteiger partial charge in [-0.15, -0.1) is 5.10 Å². The van der Waals surface area contributed by atoms with E-state index in [9.17, 15) is 22.4 Å². The summed E-state index contributed by atoms with van der Waals surface area (Å²) < 4.78 is 49.3. The molecule has 0 saturated carbocycles. The summed E-state index contributed by atoms with van der Waals surface area (Å²) in [7, 11) is 0. The molecule has 0 spiro atoms. The minimum Gasteiger partial charge on any atom is -0.346 e. The summed E-state index contributed by atoms with van der Waals surface area (Å²) in [5.74, 6) is -1.38. The van der Waals surface area contributed by atoms with Crippen molar-refractivity contribution < 1.29 is 22.4 Å². The molecule has 0 bridgehead atoms. The molecule has 0 radical (unpaired) electrons. The van der Waals surface area contributed by atoms with Crippen LogP contribution >= 0.6 is 11.8 Å². The summed E-state index contributed by atoms with van der Waals surface area (Å²) in [5.41, 5.74) is 0.211. The highest BCUT2D eigenvalue weighted by Gasteiger charge is 2.27. The van der Waals surface area contributed by atoms with Gasteiger partial charge in [0, 0.05) is 0 Å². The third kappa shape index (κ3) is 4.72. The zero-order valence-electron chi connectivity index (χ0n) is 10.9. The van der Waals surface area contributed by atoms with Crippen LogP contribution in [0.2, 0.25) is 0 Å². The number of rotatable bonds is 5. The first kappa shape index (κ1) is 16.3. The molecule has 10 heteroatoms. The Kier molecular flexibility index (Phi) is 5.01. The fourth-order valence-corrected chi connectivity index (χ4v) is 2.09. The number of nitrogens with zero attached hydrogens (tertiary/aromatic N) is 2. The number of hydrogen-bond acceptors (Lipinski definition) is 4. The second-order valence-corrected chi connectivity index (χ2v) is 5.07. The Morgan fingerprint density at radius 2 is 2.05 bits per heavy atom. The molecule has 0 aliphatic carbocycles. The van der Waals surface area contributed by atoms with Crippen molar-refractivity contribution in [2.45, 2.75) is 11.3 Å². The third-order valence-electron chi connectivity index (χ3n) is 2.41. The van der Waals surface area contributed by atoms with Gasteiger partial charge in [0.15, 0.2) is 5.82 Å². The van der Waals surface area contributed by atoms with E-state index in [2.05, 4.69) is 15.2 Å². The molecule has 22 heavy (non-hydrogen) atoms. The summed E-state index contributed by atoms with van der Waals surface area (Å²) in [6.45, 7) is -1.39. The molecule has 1 amide bonds. The Morgan fingerprint density at radius 3 is 2.73 bits per heavy atom. The Labute approximate surface area is 126 Å². The van der Waals surface area contributed by atoms with E-state index in [1.807, 2.05) is 0 Å². The molecule has 0 fully saturated rings. The lowest BCUT2D eigenvalue weighted by atomic mass is 10.2. The molecule has 2 rings (SSSR count). The van der Waals surface area contributed by atoms with E-state index >= 15 is 0 Å². The molecule has 0 unspecified atom stereocenters. The minimum absolute atomic E-state index is 0.139. The molecule has 118 valence electrons. The zero-order valence-corrected chi connectivity index (χ0v) is 11.8. The summed E-state index contributed by atoms with van der Waals surface area (Å²) in [4.78, 5) is 15.2. The predicted octanol–water partition coefficient (Wildman–Crippen LogP) is 2.38. The average molecular weight is 334 g/mol. The fourth-order valence-electron chi connectivity index (χ4n) is 1.46. The van der Waals surface area contributed by atoms with Gasteiger partial charge in [-0.3, -0.25) is 9.89 Å². The van der Waals surface area contributed by atoms with E-state index in [1.165, 1.54) is 18.2 Å². The Hall–Kier alpha value is -2.10. The van der Waals surface area contributed by atoms with Crippen LogP contribution in [0.1, 0.15) is 0 Å². The third-order valence-corrected chi connectivity index (χ3v) is 3.26. The summed E-state index contributed by atoms with van der Waals surface area (Å²) in [6.07, 6.45) is -4.46. The van der Waals surface area contributed by atoms with Crippen LogP contribution in [0, 0.1) is 5.82 Å². The van der Waals surface area contributed by atoms with E-state index in [4.69, 9.17) is 0 Å². The van der Waals surface area contributed by atoms with Gasteiger partial charge in [0.1, 0.15) is 12.4 Å². The molecule has 2 aromatic rings. The zero-order chi connectivity index (χ0) is 16.2. The first-order chi connectivity index (χ1) is 10.3. The lowest BCUT2D eigenvalue weighted by Gasteiger charge is -2.07. The van der Waals surface area contributed by atoms with Crippen LogP contribution in [0.3, 0.4) is 0 Å². The van der Waals surface area contributed by atoms with Crippen molar-refractivity contribution >= 4 is 17.7 Å². The molecule has 1 aromatic heterocycles. The first-order valence-corrected chi connectivity index (χ1v) is 6.97. The highest BCUT2D eigenvalue weighted by Crippen LogP contribution is 2.21. The van der Waals surface area contributed by atoms with Crippen LogP contribution in [0.5, 0.6) is 0 Å². The van der Waals surface area contributed by atoms with Crippen molar-refractivity contribution in [3.63, 3.8) is 0 Å². The predicted molar refractivity (Wildman–Crippen MR) is 71.6 cm³/mol. The highest BCUT2D eigenvalue weighted by molar-refractivity contribution is 7.99. The number of nitrogens with one attached hydrogen (secondary N) is 2. The van der Waals surface area contributed by atoms with Crippen molar-refractivity contribution in [3.05, 3.63) is 30.1 Å². The number of aromatic amines is 1. The van der Waals surface area contributed by atoms with Crippen LogP contribution in [0.25, 0.3) is 11.4 Å². The number of thioether (sulfide) groups is 1. The topological polar surface area (TPSA) is 70.7 Å². The van der Waals surface area contributed by atoms with Gasteiger partial charge >= 0.3 is 6.18 Å². The van der Waals surface area contributed by atoms with Crippen molar-refractivity contribution in [1.29, 1.82) is 0 Å². The number of benzene rings is 1. The number of amides is 1. The Balaban J connectivity index is 1.90. The maximum Gasteiger partial charge on any atom is 0.405 e. The fraction of sp³-hybridized carbons (Fsp3) is 0.250. The normalized spacial score (nSPS) is 11.5.